The first kappa shape index (κ1) is 18.7. The van der Waals surface area contributed by atoms with E-state index >= 15 is 0 Å². The van der Waals surface area contributed by atoms with Crippen LogP contribution in [0.15, 0.2) is 48.5 Å². The van der Waals surface area contributed by atoms with Crippen LogP contribution in [-0.4, -0.2) is 45.7 Å². The molecule has 2 aliphatic heterocycles. The number of aromatic amines is 1. The van der Waals surface area contributed by atoms with Crippen molar-refractivity contribution in [2.45, 2.75) is 44.7 Å². The molecule has 1 aliphatic carbocycles. The molecule has 1 aromatic heterocycles. The molecule has 1 N–H and O–H groups in total. The van der Waals surface area contributed by atoms with Crippen LogP contribution < -0.4 is 0 Å². The number of carbonyl (C=O) groups is 2. The zero-order valence-corrected chi connectivity index (χ0v) is 17.8. The van der Waals surface area contributed by atoms with Gasteiger partial charge in [0, 0.05) is 29.6 Å². The second-order valence-corrected chi connectivity index (χ2v) is 9.24. The van der Waals surface area contributed by atoms with Crippen molar-refractivity contribution >= 4 is 22.7 Å². The first-order chi connectivity index (χ1) is 15.1. The Morgan fingerprint density at radius 3 is 2.55 bits per heavy atom. The van der Waals surface area contributed by atoms with Crippen LogP contribution in [0.2, 0.25) is 0 Å². The van der Waals surface area contributed by atoms with Crippen molar-refractivity contribution in [3.05, 3.63) is 70.9 Å². The molecule has 2 aromatic carbocycles. The Morgan fingerprint density at radius 2 is 1.81 bits per heavy atom. The van der Waals surface area contributed by atoms with Crippen LogP contribution in [0.1, 0.15) is 48.2 Å². The van der Waals surface area contributed by atoms with Gasteiger partial charge in [0.2, 0.25) is 11.8 Å². The van der Waals surface area contributed by atoms with Crippen molar-refractivity contribution in [3.8, 4) is 0 Å². The molecular weight excluding hydrogens is 386 g/mol. The minimum absolute atomic E-state index is 0.0547. The number of amides is 2. The number of H-pyrrole nitrogens is 1. The number of hydrogen-bond donors (Lipinski definition) is 1. The van der Waals surface area contributed by atoms with Crippen LogP contribution in [-0.2, 0) is 22.4 Å². The molecule has 6 rings (SSSR count). The zero-order valence-electron chi connectivity index (χ0n) is 17.8. The number of nitrogens with zero attached hydrogens (tertiary/aromatic N) is 2. The molecular formula is C26H27N3O2. The number of nitrogens with one attached hydrogen (secondary N) is 1. The Kier molecular flexibility index (Phi) is 4.20. The van der Waals surface area contributed by atoms with Gasteiger partial charge in [-0.3, -0.25) is 9.59 Å². The third kappa shape index (κ3) is 2.98. The van der Waals surface area contributed by atoms with Gasteiger partial charge in [0.15, 0.2) is 0 Å². The maximum absolute atomic E-state index is 13.5. The van der Waals surface area contributed by atoms with E-state index in [9.17, 15) is 9.59 Å². The highest BCUT2D eigenvalue weighted by molar-refractivity contribution is 5.97. The van der Waals surface area contributed by atoms with Crippen molar-refractivity contribution in [3.63, 3.8) is 0 Å². The third-order valence-electron chi connectivity index (χ3n) is 7.22. The summed E-state index contributed by atoms with van der Waals surface area (Å²) >= 11 is 0. The minimum Gasteiger partial charge on any atom is -0.356 e. The van der Waals surface area contributed by atoms with Gasteiger partial charge in [-0.25, -0.2) is 0 Å². The number of aromatic nitrogens is 1. The average Bonchev–Trinajstić information content (AvgIpc) is 3.54. The maximum atomic E-state index is 13.5. The van der Waals surface area contributed by atoms with Gasteiger partial charge >= 0.3 is 0 Å². The van der Waals surface area contributed by atoms with Crippen LogP contribution in [0.5, 0.6) is 0 Å². The molecule has 0 unspecified atom stereocenters. The van der Waals surface area contributed by atoms with Crippen molar-refractivity contribution in [1.82, 2.24) is 14.8 Å². The highest BCUT2D eigenvalue weighted by Crippen LogP contribution is 2.43. The van der Waals surface area contributed by atoms with E-state index in [0.29, 0.717) is 12.3 Å². The van der Waals surface area contributed by atoms with Gasteiger partial charge < -0.3 is 14.8 Å². The molecule has 5 nitrogen and oxygen atoms in total. The van der Waals surface area contributed by atoms with Gasteiger partial charge in [-0.2, -0.15) is 0 Å². The summed E-state index contributed by atoms with van der Waals surface area (Å²) in [5.74, 6) is 0.740. The van der Waals surface area contributed by atoms with E-state index in [1.54, 1.807) is 0 Å². The van der Waals surface area contributed by atoms with Crippen molar-refractivity contribution < 1.29 is 9.59 Å². The molecule has 5 heteroatoms. The highest BCUT2D eigenvalue weighted by Gasteiger charge is 2.48. The van der Waals surface area contributed by atoms with E-state index in [-0.39, 0.29) is 24.4 Å². The van der Waals surface area contributed by atoms with Gasteiger partial charge in [0.25, 0.3) is 0 Å². The Labute approximate surface area is 182 Å². The molecule has 2 amide bonds. The number of rotatable bonds is 4. The van der Waals surface area contributed by atoms with Gasteiger partial charge in [0.1, 0.15) is 6.04 Å². The summed E-state index contributed by atoms with van der Waals surface area (Å²) in [6.45, 7) is 3.07. The Balaban J connectivity index is 1.49. The van der Waals surface area contributed by atoms with Crippen LogP contribution in [0.4, 0.5) is 0 Å². The molecule has 1 saturated heterocycles. The summed E-state index contributed by atoms with van der Waals surface area (Å²) in [5, 5.41) is 1.16. The van der Waals surface area contributed by atoms with Crippen LogP contribution in [0, 0.1) is 5.92 Å². The minimum atomic E-state index is -0.428. The molecule has 2 fully saturated rings. The Morgan fingerprint density at radius 1 is 1.03 bits per heavy atom. The predicted molar refractivity (Wildman–Crippen MR) is 120 cm³/mol. The summed E-state index contributed by atoms with van der Waals surface area (Å²) in [4.78, 5) is 34.3. The van der Waals surface area contributed by atoms with Gasteiger partial charge in [-0.1, -0.05) is 49.4 Å². The van der Waals surface area contributed by atoms with Crippen LogP contribution in [0.3, 0.4) is 0 Å². The van der Waals surface area contributed by atoms with Crippen LogP contribution >= 0.6 is 0 Å². The summed E-state index contributed by atoms with van der Waals surface area (Å²) in [5.41, 5.74) is 5.63. The smallest absolute Gasteiger partial charge is 0.246 e. The number of piperazine rings is 1. The summed E-state index contributed by atoms with van der Waals surface area (Å²) in [6, 6.07) is 16.1. The van der Waals surface area contributed by atoms with Crippen molar-refractivity contribution in [2.24, 2.45) is 5.92 Å². The lowest BCUT2D eigenvalue weighted by Crippen LogP contribution is -2.63. The molecule has 3 heterocycles. The van der Waals surface area contributed by atoms with Crippen molar-refractivity contribution in [1.29, 1.82) is 0 Å². The fourth-order valence-corrected chi connectivity index (χ4v) is 5.37. The number of hydrogen-bond acceptors (Lipinski definition) is 2. The molecule has 0 spiro atoms. The largest absolute Gasteiger partial charge is 0.356 e. The average molecular weight is 414 g/mol. The van der Waals surface area contributed by atoms with E-state index in [1.807, 2.05) is 21.9 Å². The fourth-order valence-electron chi connectivity index (χ4n) is 5.37. The summed E-state index contributed by atoms with van der Waals surface area (Å²) in [7, 11) is 0. The topological polar surface area (TPSA) is 56.4 Å². The standard InChI is InChI=1S/C26H27N3O2/c1-2-16-9-11-18(12-10-16)25-24-20(19-5-3-4-6-21(19)27-24)13-22-26(31)28(14-17-7-8-17)15-23(30)29(22)25/h3-6,9-12,17,22,25,27H,2,7-8,13-15H2,1H3/t22-,25-/m0/s1. The fraction of sp³-hybridized carbons (Fsp3) is 0.385. The molecule has 3 aliphatic rings. The first-order valence-electron chi connectivity index (χ1n) is 11.4. The van der Waals surface area contributed by atoms with Gasteiger partial charge in [0.05, 0.1) is 12.6 Å². The monoisotopic (exact) mass is 413 g/mol. The number of para-hydroxylation sites is 1. The molecule has 31 heavy (non-hydrogen) atoms. The predicted octanol–water partition coefficient (Wildman–Crippen LogP) is 3.83. The molecule has 0 radical (unpaired) electrons. The summed E-state index contributed by atoms with van der Waals surface area (Å²) < 4.78 is 0. The number of aryl methyl sites for hydroxylation is 1. The van der Waals surface area contributed by atoms with E-state index in [2.05, 4.69) is 48.3 Å². The zero-order chi connectivity index (χ0) is 21.1. The van der Waals surface area contributed by atoms with Crippen LogP contribution in [0.25, 0.3) is 10.9 Å². The molecule has 1 saturated carbocycles. The number of benzene rings is 2. The van der Waals surface area contributed by atoms with E-state index in [0.717, 1.165) is 35.1 Å². The highest BCUT2D eigenvalue weighted by atomic mass is 16.2. The van der Waals surface area contributed by atoms with E-state index in [4.69, 9.17) is 0 Å². The first-order valence-corrected chi connectivity index (χ1v) is 11.4. The van der Waals surface area contributed by atoms with Gasteiger partial charge in [-0.15, -0.1) is 0 Å². The van der Waals surface area contributed by atoms with E-state index in [1.165, 1.54) is 24.0 Å². The molecule has 158 valence electrons. The molecule has 3 aromatic rings. The van der Waals surface area contributed by atoms with Crippen molar-refractivity contribution in [2.75, 3.05) is 13.1 Å². The second kappa shape index (κ2) is 6.98. The lowest BCUT2D eigenvalue weighted by molar-refractivity contribution is -0.158. The van der Waals surface area contributed by atoms with E-state index < -0.39 is 6.04 Å². The SMILES string of the molecule is CCc1ccc([C@H]2c3[nH]c4ccccc4c3C[C@H]3C(=O)N(CC4CC4)CC(=O)N23)cc1. The molecule has 2 atom stereocenters. The molecule has 0 bridgehead atoms. The number of carbonyl (C=O) groups excluding carboxylic acids is 2. The maximum Gasteiger partial charge on any atom is 0.246 e. The third-order valence-corrected chi connectivity index (χ3v) is 7.22. The second-order valence-electron chi connectivity index (χ2n) is 9.24. The Hall–Kier alpha value is -3.08. The number of fused-ring (bicyclic) bond motifs is 4. The lowest BCUT2D eigenvalue weighted by atomic mass is 9.86. The lowest BCUT2D eigenvalue weighted by Gasteiger charge is -2.47. The summed E-state index contributed by atoms with van der Waals surface area (Å²) in [6.07, 6.45) is 3.90. The quantitative estimate of drug-likeness (QED) is 0.707. The van der Waals surface area contributed by atoms with Gasteiger partial charge in [-0.05, 0) is 47.9 Å². The normalized spacial score (nSPS) is 23.3. The Bertz CT molecular complexity index is 1180.